The Morgan fingerprint density at radius 3 is 2.60 bits per heavy atom. The zero-order valence-electron chi connectivity index (χ0n) is 10.3. The summed E-state index contributed by atoms with van der Waals surface area (Å²) < 4.78 is 5.33. The lowest BCUT2D eigenvalue weighted by Gasteiger charge is -2.35. The van der Waals surface area contributed by atoms with Gasteiger partial charge >= 0.3 is 0 Å². The maximum absolute atomic E-state index is 11.8. The van der Waals surface area contributed by atoms with Gasteiger partial charge in [-0.3, -0.25) is 4.79 Å². The summed E-state index contributed by atoms with van der Waals surface area (Å²) in [6.07, 6.45) is 1.25. The number of hydrogen-bond donors (Lipinski definition) is 0. The van der Waals surface area contributed by atoms with Crippen LogP contribution >= 0.6 is 0 Å². The van der Waals surface area contributed by atoms with Gasteiger partial charge in [-0.15, -0.1) is 0 Å². The van der Waals surface area contributed by atoms with Gasteiger partial charge in [-0.2, -0.15) is 0 Å². The van der Waals surface area contributed by atoms with Crippen molar-refractivity contribution in [3.05, 3.63) is 0 Å². The predicted octanol–water partition coefficient (Wildman–Crippen LogP) is 1.92. The van der Waals surface area contributed by atoms with Crippen molar-refractivity contribution in [3.8, 4) is 0 Å². The molecule has 1 saturated heterocycles. The number of carbonyl (C=O) groups excluding carboxylic acids is 1. The number of ether oxygens (including phenoxy) is 1. The summed E-state index contributed by atoms with van der Waals surface area (Å²) in [5.41, 5.74) is 0. The molecule has 0 spiro atoms. The molecule has 0 aromatic heterocycles. The molecule has 3 nitrogen and oxygen atoms in total. The molecule has 1 heterocycles. The summed E-state index contributed by atoms with van der Waals surface area (Å²) >= 11 is 0. The Bertz CT molecular complexity index is 216. The number of likely N-dealkylation sites (tertiary alicyclic amines) is 1. The third kappa shape index (κ3) is 3.82. The number of hydrogen-bond acceptors (Lipinski definition) is 2. The van der Waals surface area contributed by atoms with Gasteiger partial charge < -0.3 is 9.64 Å². The first kappa shape index (κ1) is 12.5. The number of piperidine rings is 1. The van der Waals surface area contributed by atoms with E-state index in [9.17, 15) is 4.79 Å². The zero-order valence-corrected chi connectivity index (χ0v) is 10.3. The minimum atomic E-state index is 0.134. The maximum atomic E-state index is 11.8. The van der Waals surface area contributed by atoms with E-state index < -0.39 is 0 Å². The summed E-state index contributed by atoms with van der Waals surface area (Å²) in [5.74, 6) is 1.49. The smallest absolute Gasteiger partial charge is 0.248 e. The monoisotopic (exact) mass is 213 g/mol. The molecule has 0 aromatic carbocycles. The van der Waals surface area contributed by atoms with Crippen LogP contribution in [0.25, 0.3) is 0 Å². The van der Waals surface area contributed by atoms with Gasteiger partial charge in [-0.05, 0) is 32.1 Å². The van der Waals surface area contributed by atoms with Crippen LogP contribution in [0.15, 0.2) is 0 Å². The van der Waals surface area contributed by atoms with Crippen molar-refractivity contribution < 1.29 is 9.53 Å². The molecule has 1 rings (SSSR count). The van der Waals surface area contributed by atoms with E-state index in [4.69, 9.17) is 4.74 Å². The van der Waals surface area contributed by atoms with Crippen molar-refractivity contribution in [2.24, 2.45) is 11.8 Å². The van der Waals surface area contributed by atoms with Gasteiger partial charge in [0.25, 0.3) is 0 Å². The molecule has 0 aromatic rings. The maximum Gasteiger partial charge on any atom is 0.248 e. The highest BCUT2D eigenvalue weighted by Gasteiger charge is 2.25. The van der Waals surface area contributed by atoms with Crippen LogP contribution in [0.3, 0.4) is 0 Å². The Hall–Kier alpha value is -0.570. The van der Waals surface area contributed by atoms with Gasteiger partial charge in [0.05, 0.1) is 6.10 Å². The fraction of sp³-hybridized carbons (Fsp3) is 0.917. The molecule has 0 N–H and O–H groups in total. The lowest BCUT2D eigenvalue weighted by Crippen LogP contribution is -2.44. The minimum absolute atomic E-state index is 0.134. The average molecular weight is 213 g/mol. The van der Waals surface area contributed by atoms with Gasteiger partial charge in [-0.1, -0.05) is 13.8 Å². The van der Waals surface area contributed by atoms with E-state index in [1.165, 1.54) is 0 Å². The summed E-state index contributed by atoms with van der Waals surface area (Å²) in [5, 5.41) is 0. The standard InChI is InChI=1S/C12H23NO2/c1-9(2)15-8-12(14)13-6-5-10(3)11(4)7-13/h9-11H,5-8H2,1-4H3. The Labute approximate surface area is 92.8 Å². The number of amides is 1. The molecular formula is C12H23NO2. The highest BCUT2D eigenvalue weighted by atomic mass is 16.5. The van der Waals surface area contributed by atoms with Crippen molar-refractivity contribution in [3.63, 3.8) is 0 Å². The summed E-state index contributed by atoms with van der Waals surface area (Å²) in [4.78, 5) is 13.7. The summed E-state index contributed by atoms with van der Waals surface area (Å²) in [7, 11) is 0. The molecule has 0 bridgehead atoms. The first-order valence-corrected chi connectivity index (χ1v) is 5.90. The highest BCUT2D eigenvalue weighted by molar-refractivity contribution is 5.77. The van der Waals surface area contributed by atoms with Gasteiger partial charge in [0.1, 0.15) is 6.61 Å². The van der Waals surface area contributed by atoms with E-state index >= 15 is 0 Å². The van der Waals surface area contributed by atoms with E-state index in [0.717, 1.165) is 25.4 Å². The quantitative estimate of drug-likeness (QED) is 0.717. The molecule has 15 heavy (non-hydrogen) atoms. The van der Waals surface area contributed by atoms with Crippen LogP contribution in [0.2, 0.25) is 0 Å². The third-order valence-corrected chi connectivity index (χ3v) is 3.23. The Morgan fingerprint density at radius 1 is 1.40 bits per heavy atom. The second-order valence-electron chi connectivity index (χ2n) is 4.94. The number of carbonyl (C=O) groups is 1. The van der Waals surface area contributed by atoms with Crippen LogP contribution in [-0.2, 0) is 9.53 Å². The van der Waals surface area contributed by atoms with Gasteiger partial charge in [0.2, 0.25) is 5.91 Å². The fourth-order valence-corrected chi connectivity index (χ4v) is 1.82. The summed E-state index contributed by atoms with van der Waals surface area (Å²) in [6.45, 7) is 10.4. The normalized spacial score (nSPS) is 27.1. The Kier molecular flexibility index (Phi) is 4.58. The fourth-order valence-electron chi connectivity index (χ4n) is 1.82. The highest BCUT2D eigenvalue weighted by Crippen LogP contribution is 2.22. The molecule has 0 radical (unpaired) electrons. The van der Waals surface area contributed by atoms with Gasteiger partial charge in [-0.25, -0.2) is 0 Å². The molecule has 0 aliphatic carbocycles. The Morgan fingerprint density at radius 2 is 2.07 bits per heavy atom. The van der Waals surface area contributed by atoms with Gasteiger partial charge in [0, 0.05) is 13.1 Å². The van der Waals surface area contributed by atoms with E-state index in [-0.39, 0.29) is 18.6 Å². The average Bonchev–Trinajstić information content (AvgIpc) is 2.18. The molecule has 1 fully saturated rings. The van der Waals surface area contributed by atoms with Crippen LogP contribution in [0.1, 0.15) is 34.1 Å². The molecule has 0 saturated carbocycles. The first-order valence-electron chi connectivity index (χ1n) is 5.90. The summed E-state index contributed by atoms with van der Waals surface area (Å²) in [6, 6.07) is 0. The van der Waals surface area contributed by atoms with Crippen LogP contribution in [0.4, 0.5) is 0 Å². The molecule has 1 amide bonds. The molecule has 2 atom stereocenters. The lowest BCUT2D eigenvalue weighted by molar-refractivity contribution is -0.139. The van der Waals surface area contributed by atoms with Crippen LogP contribution in [0.5, 0.6) is 0 Å². The van der Waals surface area contributed by atoms with Crippen molar-refractivity contribution in [2.75, 3.05) is 19.7 Å². The van der Waals surface area contributed by atoms with Crippen LogP contribution < -0.4 is 0 Å². The number of rotatable bonds is 3. The predicted molar refractivity (Wildman–Crippen MR) is 60.6 cm³/mol. The first-order chi connectivity index (χ1) is 7.00. The second-order valence-corrected chi connectivity index (χ2v) is 4.94. The van der Waals surface area contributed by atoms with Crippen LogP contribution in [-0.4, -0.2) is 36.6 Å². The molecule has 1 aliphatic rings. The topological polar surface area (TPSA) is 29.5 Å². The SMILES string of the molecule is CC(C)OCC(=O)N1CCC(C)C(C)C1. The van der Waals surface area contributed by atoms with E-state index in [1.807, 2.05) is 18.7 Å². The second kappa shape index (κ2) is 5.50. The third-order valence-electron chi connectivity index (χ3n) is 3.23. The van der Waals surface area contributed by atoms with Crippen molar-refractivity contribution in [2.45, 2.75) is 40.2 Å². The zero-order chi connectivity index (χ0) is 11.4. The Balaban J connectivity index is 2.34. The largest absolute Gasteiger partial charge is 0.369 e. The van der Waals surface area contributed by atoms with Crippen molar-refractivity contribution >= 4 is 5.91 Å². The van der Waals surface area contributed by atoms with Crippen molar-refractivity contribution in [1.29, 1.82) is 0 Å². The molecule has 1 aliphatic heterocycles. The molecule has 88 valence electrons. The molecular weight excluding hydrogens is 190 g/mol. The minimum Gasteiger partial charge on any atom is -0.369 e. The van der Waals surface area contributed by atoms with E-state index in [1.54, 1.807) is 0 Å². The lowest BCUT2D eigenvalue weighted by atomic mass is 9.89. The molecule has 2 unspecified atom stereocenters. The van der Waals surface area contributed by atoms with Crippen molar-refractivity contribution in [1.82, 2.24) is 4.90 Å². The van der Waals surface area contributed by atoms with E-state index in [2.05, 4.69) is 13.8 Å². The van der Waals surface area contributed by atoms with E-state index in [0.29, 0.717) is 5.92 Å². The van der Waals surface area contributed by atoms with Crippen LogP contribution in [0, 0.1) is 11.8 Å². The molecule has 3 heteroatoms. The van der Waals surface area contributed by atoms with Gasteiger partial charge in [0.15, 0.2) is 0 Å². The number of nitrogens with zero attached hydrogens (tertiary/aromatic N) is 1.